The molecule has 1 rings (SSSR count). The number of carbonyl (C=O) groups excluding carboxylic acids is 2. The lowest BCUT2D eigenvalue weighted by molar-refractivity contribution is -0.121. The molecule has 2 amide bonds. The quantitative estimate of drug-likeness (QED) is 0.304. The summed E-state index contributed by atoms with van der Waals surface area (Å²) in [5, 5.41) is 6.05. The van der Waals surface area contributed by atoms with E-state index >= 15 is 0 Å². The van der Waals surface area contributed by atoms with Gasteiger partial charge in [0.2, 0.25) is 11.8 Å². The molecule has 0 bridgehead atoms. The molecule has 0 aromatic heterocycles. The molecule has 6 nitrogen and oxygen atoms in total. The fraction of sp³-hybridized carbons (Fsp3) is 0.739. The maximum Gasteiger partial charge on any atom is 0.223 e. The van der Waals surface area contributed by atoms with E-state index in [0.717, 1.165) is 38.8 Å². The number of nitrogens with zero attached hydrogens (tertiary/aromatic N) is 1. The van der Waals surface area contributed by atoms with E-state index in [1.54, 1.807) is 0 Å². The average molecular weight is 408 g/mol. The van der Waals surface area contributed by atoms with Crippen LogP contribution in [0, 0.1) is 0 Å². The van der Waals surface area contributed by atoms with Crippen LogP contribution in [0.3, 0.4) is 0 Å². The maximum atomic E-state index is 12.0. The fourth-order valence-corrected chi connectivity index (χ4v) is 3.05. The first kappa shape index (κ1) is 25.4. The average Bonchev–Trinajstić information content (AvgIpc) is 3.53. The molecule has 0 saturated carbocycles. The van der Waals surface area contributed by atoms with Crippen LogP contribution >= 0.6 is 0 Å². The lowest BCUT2D eigenvalue weighted by atomic mass is 10.1. The molecule has 6 heteroatoms. The topological polar surface area (TPSA) is 74.0 Å². The van der Waals surface area contributed by atoms with Crippen molar-refractivity contribution in [3.05, 3.63) is 24.3 Å². The van der Waals surface area contributed by atoms with E-state index in [9.17, 15) is 9.59 Å². The van der Waals surface area contributed by atoms with Gasteiger partial charge in [0.15, 0.2) is 0 Å². The van der Waals surface area contributed by atoms with E-state index in [2.05, 4.69) is 55.4 Å². The number of amides is 2. The summed E-state index contributed by atoms with van der Waals surface area (Å²) in [7, 11) is 0. The zero-order valence-electron chi connectivity index (χ0n) is 18.8. The Labute approximate surface area is 177 Å². The van der Waals surface area contributed by atoms with Gasteiger partial charge >= 0.3 is 0 Å². The molecule has 0 aliphatic carbocycles. The third-order valence-corrected chi connectivity index (χ3v) is 4.99. The van der Waals surface area contributed by atoms with Gasteiger partial charge in [-0.25, -0.2) is 0 Å². The van der Waals surface area contributed by atoms with E-state index in [4.69, 9.17) is 4.74 Å². The van der Waals surface area contributed by atoms with Crippen molar-refractivity contribution >= 4 is 11.8 Å². The van der Waals surface area contributed by atoms with Crippen LogP contribution in [0.4, 0.5) is 0 Å². The molecule has 0 spiro atoms. The van der Waals surface area contributed by atoms with E-state index < -0.39 is 0 Å². The van der Waals surface area contributed by atoms with Crippen LogP contribution < -0.4 is 10.6 Å². The molecule has 0 radical (unpaired) electrons. The number of allylic oxidation sites excluding steroid dienone is 2. The predicted molar refractivity (Wildman–Crippen MR) is 119 cm³/mol. The first-order valence-electron chi connectivity index (χ1n) is 11.2. The van der Waals surface area contributed by atoms with Crippen LogP contribution in [0.2, 0.25) is 0 Å². The van der Waals surface area contributed by atoms with Gasteiger partial charge in [-0.15, -0.1) is 0 Å². The van der Waals surface area contributed by atoms with Gasteiger partial charge in [-0.2, -0.15) is 0 Å². The second-order valence-corrected chi connectivity index (χ2v) is 7.89. The van der Waals surface area contributed by atoms with Gasteiger partial charge in [-0.3, -0.25) is 14.5 Å². The van der Waals surface area contributed by atoms with Crippen LogP contribution in [-0.4, -0.2) is 61.1 Å². The normalized spacial score (nSPS) is 18.3. The minimum Gasteiger partial charge on any atom is -0.372 e. The van der Waals surface area contributed by atoms with Crippen LogP contribution in [0.25, 0.3) is 0 Å². The number of epoxide rings is 1. The number of nitrogens with one attached hydrogen (secondary N) is 2. The highest BCUT2D eigenvalue weighted by molar-refractivity contribution is 5.77. The Kier molecular flexibility index (Phi) is 13.3. The number of rotatable bonds is 16. The van der Waals surface area contributed by atoms with Crippen molar-refractivity contribution in [1.82, 2.24) is 15.5 Å². The van der Waals surface area contributed by atoms with Gasteiger partial charge in [0.05, 0.1) is 12.7 Å². The Morgan fingerprint density at radius 1 is 0.931 bits per heavy atom. The first-order valence-corrected chi connectivity index (χ1v) is 11.2. The van der Waals surface area contributed by atoms with E-state index in [1.807, 2.05) is 12.2 Å². The van der Waals surface area contributed by atoms with Crippen LogP contribution in [0.1, 0.15) is 66.2 Å². The molecule has 3 atom stereocenters. The highest BCUT2D eigenvalue weighted by Crippen LogP contribution is 2.15. The molecular weight excluding hydrogens is 366 g/mol. The number of hydrogen-bond acceptors (Lipinski definition) is 4. The van der Waals surface area contributed by atoms with E-state index in [0.29, 0.717) is 25.9 Å². The fourth-order valence-electron chi connectivity index (χ4n) is 3.05. The molecule has 2 N–H and O–H groups in total. The smallest absolute Gasteiger partial charge is 0.223 e. The summed E-state index contributed by atoms with van der Waals surface area (Å²) in [5.41, 5.74) is 0. The highest BCUT2D eigenvalue weighted by atomic mass is 16.6. The maximum absolute atomic E-state index is 12.0. The molecule has 1 aliphatic heterocycles. The van der Waals surface area contributed by atoms with Gasteiger partial charge in [0.25, 0.3) is 0 Å². The third kappa shape index (κ3) is 12.5. The first-order chi connectivity index (χ1) is 14.0. The number of ether oxygens (including phenoxy) is 1. The van der Waals surface area contributed by atoms with Crippen molar-refractivity contribution in [3.8, 4) is 0 Å². The largest absolute Gasteiger partial charge is 0.372 e. The third-order valence-electron chi connectivity index (χ3n) is 4.99. The standard InChI is InChI=1S/C23H41N3O3/c1-5-7-9-11-13-22(27)24-15-19(3)26(17-21-18-29-21)20(4)16-25-23(28)14-12-10-8-6-2/h9-12,19-21H,5-8,13-18H2,1-4H3,(H,24,27)(H,25,28). The summed E-state index contributed by atoms with van der Waals surface area (Å²) in [6.45, 7) is 11.3. The molecule has 29 heavy (non-hydrogen) atoms. The highest BCUT2D eigenvalue weighted by Gasteiger charge is 2.30. The van der Waals surface area contributed by atoms with Gasteiger partial charge in [-0.1, -0.05) is 51.0 Å². The van der Waals surface area contributed by atoms with Gasteiger partial charge in [0.1, 0.15) is 0 Å². The lowest BCUT2D eigenvalue weighted by Crippen LogP contribution is -2.51. The monoisotopic (exact) mass is 407 g/mol. The van der Waals surface area contributed by atoms with Gasteiger partial charge in [0, 0.05) is 44.6 Å². The molecule has 0 aromatic rings. The molecule has 166 valence electrons. The second kappa shape index (κ2) is 15.2. The number of carbonyl (C=O) groups is 2. The molecule has 0 aromatic carbocycles. The van der Waals surface area contributed by atoms with Gasteiger partial charge < -0.3 is 15.4 Å². The summed E-state index contributed by atoms with van der Waals surface area (Å²) < 4.78 is 5.41. The van der Waals surface area contributed by atoms with E-state index in [1.165, 1.54) is 0 Å². The Bertz CT molecular complexity index is 489. The summed E-state index contributed by atoms with van der Waals surface area (Å²) in [6, 6.07) is 0.332. The minimum absolute atomic E-state index is 0.0478. The molecule has 3 unspecified atom stereocenters. The molecule has 1 heterocycles. The van der Waals surface area contributed by atoms with Crippen molar-refractivity contribution in [2.24, 2.45) is 0 Å². The molecule has 1 fully saturated rings. The van der Waals surface area contributed by atoms with Gasteiger partial charge in [-0.05, 0) is 26.7 Å². The van der Waals surface area contributed by atoms with Crippen molar-refractivity contribution in [2.75, 3.05) is 26.2 Å². The Hall–Kier alpha value is -1.66. The van der Waals surface area contributed by atoms with Crippen molar-refractivity contribution in [3.63, 3.8) is 0 Å². The van der Waals surface area contributed by atoms with E-state index in [-0.39, 0.29) is 30.0 Å². The number of hydrogen-bond donors (Lipinski definition) is 2. The molecule has 1 saturated heterocycles. The Morgan fingerprint density at radius 3 is 1.76 bits per heavy atom. The van der Waals surface area contributed by atoms with Crippen molar-refractivity contribution in [1.29, 1.82) is 0 Å². The zero-order chi connectivity index (χ0) is 21.5. The second-order valence-electron chi connectivity index (χ2n) is 7.89. The Balaban J connectivity index is 2.41. The lowest BCUT2D eigenvalue weighted by Gasteiger charge is -2.34. The summed E-state index contributed by atoms with van der Waals surface area (Å²) in [5.74, 6) is 0.0956. The minimum atomic E-state index is 0.0478. The number of unbranched alkanes of at least 4 members (excludes halogenated alkanes) is 2. The zero-order valence-corrected chi connectivity index (χ0v) is 18.8. The SMILES string of the molecule is CCCC=CCC(=O)NCC(C)N(CC1CO1)C(C)CNC(=O)CC=CCCC. The predicted octanol–water partition coefficient (Wildman–Crippen LogP) is 3.19. The van der Waals surface area contributed by atoms with Crippen LogP contribution in [-0.2, 0) is 14.3 Å². The van der Waals surface area contributed by atoms with Crippen LogP contribution in [0.5, 0.6) is 0 Å². The van der Waals surface area contributed by atoms with Crippen molar-refractivity contribution in [2.45, 2.75) is 84.4 Å². The van der Waals surface area contributed by atoms with Crippen molar-refractivity contribution < 1.29 is 14.3 Å². The molecule has 1 aliphatic rings. The summed E-state index contributed by atoms with van der Waals surface area (Å²) in [6.07, 6.45) is 13.3. The summed E-state index contributed by atoms with van der Waals surface area (Å²) >= 11 is 0. The molecular formula is C23H41N3O3. The summed E-state index contributed by atoms with van der Waals surface area (Å²) in [4.78, 5) is 26.4. The Morgan fingerprint density at radius 2 is 1.38 bits per heavy atom. The van der Waals surface area contributed by atoms with Crippen LogP contribution in [0.15, 0.2) is 24.3 Å².